The summed E-state index contributed by atoms with van der Waals surface area (Å²) in [6.07, 6.45) is 5.67. The van der Waals surface area contributed by atoms with Gasteiger partial charge in [0.1, 0.15) is 0 Å². The summed E-state index contributed by atoms with van der Waals surface area (Å²) < 4.78 is 5.45. The van der Waals surface area contributed by atoms with Gasteiger partial charge in [-0.2, -0.15) is 0 Å². The highest BCUT2D eigenvalue weighted by Gasteiger charge is 2.32. The van der Waals surface area contributed by atoms with Crippen molar-refractivity contribution in [3.8, 4) is 0 Å². The lowest BCUT2D eigenvalue weighted by molar-refractivity contribution is 0.0276. The molecule has 0 aliphatic heterocycles. The van der Waals surface area contributed by atoms with Gasteiger partial charge in [-0.05, 0) is 30.6 Å². The molecule has 0 saturated heterocycles. The van der Waals surface area contributed by atoms with E-state index in [1.165, 1.54) is 19.3 Å². The second kappa shape index (κ2) is 3.51. The molecule has 1 aliphatic rings. The minimum absolute atomic E-state index is 0.404. The summed E-state index contributed by atoms with van der Waals surface area (Å²) in [5, 5.41) is 0. The van der Waals surface area contributed by atoms with Crippen LogP contribution in [0.15, 0.2) is 12.8 Å². The van der Waals surface area contributed by atoms with Crippen molar-refractivity contribution >= 4 is 0 Å². The van der Waals surface area contributed by atoms with Gasteiger partial charge in [0.25, 0.3) is 0 Å². The molecule has 0 unspecified atom stereocenters. The molecule has 70 valence electrons. The van der Waals surface area contributed by atoms with Crippen LogP contribution in [-0.4, -0.2) is 6.10 Å². The van der Waals surface area contributed by atoms with Crippen LogP contribution in [-0.2, 0) is 4.74 Å². The summed E-state index contributed by atoms with van der Waals surface area (Å²) in [5.74, 6) is 0.790. The Balaban J connectivity index is 2.51. The van der Waals surface area contributed by atoms with E-state index in [1.807, 2.05) is 0 Å². The van der Waals surface area contributed by atoms with Crippen LogP contribution in [0.5, 0.6) is 0 Å². The van der Waals surface area contributed by atoms with Crippen molar-refractivity contribution in [2.45, 2.75) is 46.1 Å². The maximum atomic E-state index is 5.45. The zero-order valence-electron chi connectivity index (χ0n) is 8.47. The molecule has 0 amide bonds. The molecule has 1 rings (SSSR count). The Morgan fingerprint density at radius 2 is 2.08 bits per heavy atom. The van der Waals surface area contributed by atoms with Crippen molar-refractivity contribution in [1.82, 2.24) is 0 Å². The van der Waals surface area contributed by atoms with Gasteiger partial charge < -0.3 is 4.74 Å². The van der Waals surface area contributed by atoms with E-state index in [-0.39, 0.29) is 0 Å². The van der Waals surface area contributed by atoms with Gasteiger partial charge in [0, 0.05) is 0 Å². The zero-order valence-corrected chi connectivity index (χ0v) is 8.47. The lowest BCUT2D eigenvalue weighted by atomic mass is 9.71. The van der Waals surface area contributed by atoms with Crippen molar-refractivity contribution in [2.24, 2.45) is 11.3 Å². The molecular formula is C11H20O. The Labute approximate surface area is 75.8 Å². The molecular weight excluding hydrogens is 148 g/mol. The Kier molecular flexibility index (Phi) is 2.81. The number of ether oxygens (including phenoxy) is 1. The van der Waals surface area contributed by atoms with E-state index in [2.05, 4.69) is 27.4 Å². The first kappa shape index (κ1) is 9.63. The van der Waals surface area contributed by atoms with E-state index in [0.29, 0.717) is 11.5 Å². The number of hydrogen-bond acceptors (Lipinski definition) is 1. The Morgan fingerprint density at radius 1 is 1.42 bits per heavy atom. The van der Waals surface area contributed by atoms with E-state index < -0.39 is 0 Å². The first-order valence-electron chi connectivity index (χ1n) is 4.80. The third kappa shape index (κ3) is 2.54. The molecule has 0 aromatic heterocycles. The van der Waals surface area contributed by atoms with Gasteiger partial charge in [-0.25, -0.2) is 0 Å². The fourth-order valence-electron chi connectivity index (χ4n) is 2.50. The van der Waals surface area contributed by atoms with Crippen molar-refractivity contribution in [3.05, 3.63) is 12.8 Å². The smallest absolute Gasteiger partial charge is 0.0985 e. The lowest BCUT2D eigenvalue weighted by Crippen LogP contribution is -2.31. The van der Waals surface area contributed by atoms with Crippen LogP contribution in [0.2, 0.25) is 0 Å². The molecule has 0 N–H and O–H groups in total. The van der Waals surface area contributed by atoms with Gasteiger partial charge >= 0.3 is 0 Å². The van der Waals surface area contributed by atoms with Crippen LogP contribution in [0, 0.1) is 11.3 Å². The summed E-state index contributed by atoms with van der Waals surface area (Å²) in [6, 6.07) is 0. The van der Waals surface area contributed by atoms with Gasteiger partial charge in [0.2, 0.25) is 0 Å². The molecule has 2 atom stereocenters. The maximum absolute atomic E-state index is 5.45. The molecule has 0 aromatic rings. The zero-order chi connectivity index (χ0) is 9.19. The summed E-state index contributed by atoms with van der Waals surface area (Å²) in [7, 11) is 0. The third-order valence-corrected chi connectivity index (χ3v) is 2.64. The predicted octanol–water partition coefficient (Wildman–Crippen LogP) is 3.36. The van der Waals surface area contributed by atoms with Crippen molar-refractivity contribution in [1.29, 1.82) is 0 Å². The normalized spacial score (nSPS) is 34.2. The van der Waals surface area contributed by atoms with Crippen molar-refractivity contribution < 1.29 is 4.74 Å². The van der Waals surface area contributed by atoms with Crippen LogP contribution in [0.3, 0.4) is 0 Å². The van der Waals surface area contributed by atoms with Crippen LogP contribution in [0.1, 0.15) is 40.0 Å². The fourth-order valence-corrected chi connectivity index (χ4v) is 2.50. The summed E-state index contributed by atoms with van der Waals surface area (Å²) in [4.78, 5) is 0. The summed E-state index contributed by atoms with van der Waals surface area (Å²) in [5.41, 5.74) is 0.450. The van der Waals surface area contributed by atoms with Crippen LogP contribution >= 0.6 is 0 Å². The molecule has 1 nitrogen and oxygen atoms in total. The first-order valence-corrected chi connectivity index (χ1v) is 4.80. The average molecular weight is 168 g/mol. The summed E-state index contributed by atoms with van der Waals surface area (Å²) >= 11 is 0. The molecule has 0 heterocycles. The largest absolute Gasteiger partial charge is 0.499 e. The highest BCUT2D eigenvalue weighted by Crippen LogP contribution is 2.39. The predicted molar refractivity (Wildman–Crippen MR) is 51.9 cm³/mol. The Morgan fingerprint density at radius 3 is 2.58 bits per heavy atom. The first-order chi connectivity index (χ1) is 5.53. The van der Waals surface area contributed by atoms with Crippen molar-refractivity contribution in [3.63, 3.8) is 0 Å². The number of rotatable bonds is 2. The lowest BCUT2D eigenvalue weighted by Gasteiger charge is -2.38. The highest BCUT2D eigenvalue weighted by atomic mass is 16.5. The molecule has 0 radical (unpaired) electrons. The standard InChI is InChI=1S/C11H20O/c1-5-12-10-6-9(2)7-11(3,4)8-10/h5,9-10H,1,6-8H2,2-4H3/t9-,10-/m1/s1. The van der Waals surface area contributed by atoms with E-state index >= 15 is 0 Å². The average Bonchev–Trinajstić information content (AvgIpc) is 1.82. The second-order valence-corrected chi connectivity index (χ2v) is 4.84. The third-order valence-electron chi connectivity index (χ3n) is 2.64. The van der Waals surface area contributed by atoms with Crippen molar-refractivity contribution in [2.75, 3.05) is 0 Å². The SMILES string of the molecule is C=CO[C@@H]1C[C@@H](C)CC(C)(C)C1. The number of hydrogen-bond donors (Lipinski definition) is 0. The molecule has 1 saturated carbocycles. The minimum atomic E-state index is 0.404. The van der Waals surface area contributed by atoms with Gasteiger partial charge in [-0.3, -0.25) is 0 Å². The minimum Gasteiger partial charge on any atom is -0.499 e. The van der Waals surface area contributed by atoms with E-state index in [4.69, 9.17) is 4.74 Å². The second-order valence-electron chi connectivity index (χ2n) is 4.84. The molecule has 0 aromatic carbocycles. The molecule has 0 spiro atoms. The van der Waals surface area contributed by atoms with Crippen LogP contribution in [0.4, 0.5) is 0 Å². The monoisotopic (exact) mass is 168 g/mol. The molecule has 1 fully saturated rings. The maximum Gasteiger partial charge on any atom is 0.0985 e. The van der Waals surface area contributed by atoms with E-state index in [0.717, 1.165) is 5.92 Å². The van der Waals surface area contributed by atoms with Gasteiger partial charge in [0.05, 0.1) is 12.4 Å². The molecule has 1 aliphatic carbocycles. The summed E-state index contributed by atoms with van der Waals surface area (Å²) in [6.45, 7) is 10.6. The van der Waals surface area contributed by atoms with Crippen LogP contribution in [0.25, 0.3) is 0 Å². The Bertz CT molecular complexity index is 160. The van der Waals surface area contributed by atoms with Gasteiger partial charge in [-0.1, -0.05) is 27.4 Å². The molecule has 0 bridgehead atoms. The quantitative estimate of drug-likeness (QED) is 0.574. The van der Waals surface area contributed by atoms with E-state index in [9.17, 15) is 0 Å². The molecule has 12 heavy (non-hydrogen) atoms. The highest BCUT2D eigenvalue weighted by molar-refractivity contribution is 4.84. The molecule has 1 heteroatoms. The fraction of sp³-hybridized carbons (Fsp3) is 0.818. The topological polar surface area (TPSA) is 9.23 Å². The Hall–Kier alpha value is -0.460. The van der Waals surface area contributed by atoms with Crippen LogP contribution < -0.4 is 0 Å². The van der Waals surface area contributed by atoms with Gasteiger partial charge in [-0.15, -0.1) is 0 Å². The van der Waals surface area contributed by atoms with E-state index in [1.54, 1.807) is 6.26 Å². The van der Waals surface area contributed by atoms with Gasteiger partial charge in [0.15, 0.2) is 0 Å².